The van der Waals surface area contributed by atoms with E-state index in [0.717, 1.165) is 4.90 Å². The zero-order valence-corrected chi connectivity index (χ0v) is 15.8. The van der Waals surface area contributed by atoms with Gasteiger partial charge in [0.2, 0.25) is 5.91 Å². The standard InChI is InChI=1S/C20H21N3O5/c1-20(13-4-8-15(27-2)9-5-13)18(25)23(19(26)22-20)12-17(24)21-14-6-10-16(28-3)11-7-14/h4-11H,12H2,1-3H3,(H,21,24)(H,22,26). The topological polar surface area (TPSA) is 97.0 Å². The average molecular weight is 383 g/mol. The maximum atomic E-state index is 12.9. The highest BCUT2D eigenvalue weighted by atomic mass is 16.5. The van der Waals surface area contributed by atoms with Crippen LogP contribution in [0, 0.1) is 0 Å². The molecular formula is C20H21N3O5. The summed E-state index contributed by atoms with van der Waals surface area (Å²) >= 11 is 0. The van der Waals surface area contributed by atoms with E-state index in [4.69, 9.17) is 9.47 Å². The molecule has 0 spiro atoms. The Morgan fingerprint density at radius 1 is 1.00 bits per heavy atom. The summed E-state index contributed by atoms with van der Waals surface area (Å²) in [5, 5.41) is 5.33. The molecule has 1 atom stereocenters. The molecule has 146 valence electrons. The summed E-state index contributed by atoms with van der Waals surface area (Å²) in [5.41, 5.74) is -0.107. The van der Waals surface area contributed by atoms with Gasteiger partial charge in [0.1, 0.15) is 23.6 Å². The Labute approximate surface area is 162 Å². The Balaban J connectivity index is 1.70. The Morgan fingerprint density at radius 2 is 1.54 bits per heavy atom. The molecule has 2 aromatic rings. The maximum Gasteiger partial charge on any atom is 0.325 e. The molecule has 1 saturated heterocycles. The molecule has 0 radical (unpaired) electrons. The number of ether oxygens (including phenoxy) is 2. The van der Waals surface area contributed by atoms with Gasteiger partial charge in [-0.2, -0.15) is 0 Å². The minimum absolute atomic E-state index is 0.386. The second-order valence-corrected chi connectivity index (χ2v) is 6.45. The van der Waals surface area contributed by atoms with Gasteiger partial charge in [0.25, 0.3) is 5.91 Å². The highest BCUT2D eigenvalue weighted by Crippen LogP contribution is 2.30. The van der Waals surface area contributed by atoms with Crippen LogP contribution < -0.4 is 20.1 Å². The Bertz CT molecular complexity index is 895. The van der Waals surface area contributed by atoms with E-state index in [1.165, 1.54) is 0 Å². The van der Waals surface area contributed by atoms with E-state index in [-0.39, 0.29) is 6.54 Å². The first-order valence-corrected chi connectivity index (χ1v) is 8.60. The number of methoxy groups -OCH3 is 2. The van der Waals surface area contributed by atoms with Crippen LogP contribution in [0.25, 0.3) is 0 Å². The molecule has 2 aromatic carbocycles. The lowest BCUT2D eigenvalue weighted by Gasteiger charge is -2.22. The number of nitrogens with one attached hydrogen (secondary N) is 2. The van der Waals surface area contributed by atoms with Crippen LogP contribution in [0.15, 0.2) is 48.5 Å². The summed E-state index contributed by atoms with van der Waals surface area (Å²) in [7, 11) is 3.09. The first-order valence-electron chi connectivity index (χ1n) is 8.60. The third-order valence-corrected chi connectivity index (χ3v) is 4.62. The van der Waals surface area contributed by atoms with Crippen molar-refractivity contribution in [3.63, 3.8) is 0 Å². The van der Waals surface area contributed by atoms with Crippen LogP contribution in [0.5, 0.6) is 11.5 Å². The lowest BCUT2D eigenvalue weighted by atomic mass is 9.92. The fourth-order valence-electron chi connectivity index (χ4n) is 2.98. The quantitative estimate of drug-likeness (QED) is 0.745. The number of anilines is 1. The molecule has 2 N–H and O–H groups in total. The lowest BCUT2D eigenvalue weighted by Crippen LogP contribution is -2.42. The molecule has 0 bridgehead atoms. The van der Waals surface area contributed by atoms with E-state index < -0.39 is 23.4 Å². The third-order valence-electron chi connectivity index (χ3n) is 4.62. The van der Waals surface area contributed by atoms with Gasteiger partial charge in [0.05, 0.1) is 14.2 Å². The molecule has 8 nitrogen and oxygen atoms in total. The molecule has 1 unspecified atom stereocenters. The molecule has 0 saturated carbocycles. The van der Waals surface area contributed by atoms with Gasteiger partial charge in [-0.05, 0) is 48.9 Å². The van der Waals surface area contributed by atoms with Crippen LogP contribution in [0.3, 0.4) is 0 Å². The summed E-state index contributed by atoms with van der Waals surface area (Å²) in [4.78, 5) is 38.4. The zero-order valence-electron chi connectivity index (χ0n) is 15.8. The molecule has 1 heterocycles. The van der Waals surface area contributed by atoms with Crippen LogP contribution in [0.2, 0.25) is 0 Å². The summed E-state index contributed by atoms with van der Waals surface area (Å²) in [6.45, 7) is 1.22. The smallest absolute Gasteiger partial charge is 0.325 e. The van der Waals surface area contributed by atoms with Crippen molar-refractivity contribution >= 4 is 23.5 Å². The van der Waals surface area contributed by atoms with Crippen molar-refractivity contribution in [3.8, 4) is 11.5 Å². The van der Waals surface area contributed by atoms with Gasteiger partial charge < -0.3 is 20.1 Å². The highest BCUT2D eigenvalue weighted by molar-refractivity contribution is 6.10. The number of hydrogen-bond acceptors (Lipinski definition) is 5. The van der Waals surface area contributed by atoms with Crippen molar-refractivity contribution in [3.05, 3.63) is 54.1 Å². The van der Waals surface area contributed by atoms with Crippen molar-refractivity contribution in [2.24, 2.45) is 0 Å². The fourth-order valence-corrected chi connectivity index (χ4v) is 2.98. The van der Waals surface area contributed by atoms with Crippen LogP contribution in [-0.4, -0.2) is 43.5 Å². The minimum atomic E-state index is -1.25. The molecule has 1 aliphatic rings. The Hall–Kier alpha value is -3.55. The normalized spacial score (nSPS) is 18.6. The average Bonchev–Trinajstić information content (AvgIpc) is 2.92. The monoisotopic (exact) mass is 383 g/mol. The van der Waals surface area contributed by atoms with Gasteiger partial charge in [-0.25, -0.2) is 4.79 Å². The van der Waals surface area contributed by atoms with Gasteiger partial charge in [0.15, 0.2) is 0 Å². The van der Waals surface area contributed by atoms with Gasteiger partial charge in [-0.15, -0.1) is 0 Å². The highest BCUT2D eigenvalue weighted by Gasteiger charge is 2.49. The number of benzene rings is 2. The second-order valence-electron chi connectivity index (χ2n) is 6.45. The van der Waals surface area contributed by atoms with E-state index in [0.29, 0.717) is 22.7 Å². The SMILES string of the molecule is COc1ccc(NC(=O)CN2C(=O)NC(C)(c3ccc(OC)cc3)C2=O)cc1. The number of carbonyl (C=O) groups is 3. The minimum Gasteiger partial charge on any atom is -0.497 e. The van der Waals surface area contributed by atoms with Crippen molar-refractivity contribution in [1.82, 2.24) is 10.2 Å². The number of urea groups is 1. The number of amides is 4. The molecule has 4 amide bonds. The third kappa shape index (κ3) is 3.62. The number of hydrogen-bond donors (Lipinski definition) is 2. The van der Waals surface area contributed by atoms with Crippen LogP contribution >= 0.6 is 0 Å². The van der Waals surface area contributed by atoms with Crippen LogP contribution in [0.4, 0.5) is 10.5 Å². The van der Waals surface area contributed by atoms with E-state index in [1.54, 1.807) is 69.7 Å². The van der Waals surface area contributed by atoms with E-state index in [1.807, 2.05) is 0 Å². The Kier molecular flexibility index (Phi) is 5.21. The molecule has 0 aliphatic carbocycles. The van der Waals surface area contributed by atoms with Crippen molar-refractivity contribution in [2.75, 3.05) is 26.1 Å². The molecule has 1 aliphatic heterocycles. The summed E-state index contributed by atoms with van der Waals surface area (Å²) in [6, 6.07) is 12.9. The van der Waals surface area contributed by atoms with Gasteiger partial charge >= 0.3 is 6.03 Å². The molecule has 3 rings (SSSR count). The molecular weight excluding hydrogens is 362 g/mol. The predicted octanol–water partition coefficient (Wildman–Crippen LogP) is 2.11. The fraction of sp³-hybridized carbons (Fsp3) is 0.250. The van der Waals surface area contributed by atoms with Gasteiger partial charge in [0, 0.05) is 5.69 Å². The van der Waals surface area contributed by atoms with Crippen LogP contribution in [0.1, 0.15) is 12.5 Å². The first kappa shape index (κ1) is 19.2. The molecule has 0 aromatic heterocycles. The van der Waals surface area contributed by atoms with Crippen LogP contribution in [-0.2, 0) is 15.1 Å². The second kappa shape index (κ2) is 7.59. The summed E-state index contributed by atoms with van der Waals surface area (Å²) in [6.07, 6.45) is 0. The van der Waals surface area contributed by atoms with E-state index in [9.17, 15) is 14.4 Å². The first-order chi connectivity index (χ1) is 13.4. The van der Waals surface area contributed by atoms with Gasteiger partial charge in [-0.1, -0.05) is 12.1 Å². The van der Waals surface area contributed by atoms with Crippen molar-refractivity contribution in [1.29, 1.82) is 0 Å². The molecule has 8 heteroatoms. The van der Waals surface area contributed by atoms with E-state index in [2.05, 4.69) is 10.6 Å². The predicted molar refractivity (Wildman–Crippen MR) is 102 cm³/mol. The lowest BCUT2D eigenvalue weighted by molar-refractivity contribution is -0.133. The van der Waals surface area contributed by atoms with Crippen molar-refractivity contribution < 1.29 is 23.9 Å². The largest absolute Gasteiger partial charge is 0.497 e. The molecule has 1 fully saturated rings. The zero-order chi connectivity index (χ0) is 20.3. The maximum absolute atomic E-state index is 12.9. The number of nitrogens with zero attached hydrogens (tertiary/aromatic N) is 1. The summed E-state index contributed by atoms with van der Waals surface area (Å²) < 4.78 is 10.2. The van der Waals surface area contributed by atoms with E-state index >= 15 is 0 Å². The number of carbonyl (C=O) groups excluding carboxylic acids is 3. The van der Waals surface area contributed by atoms with Crippen molar-refractivity contribution in [2.45, 2.75) is 12.5 Å². The Morgan fingerprint density at radius 3 is 2.07 bits per heavy atom. The number of rotatable bonds is 6. The van der Waals surface area contributed by atoms with Gasteiger partial charge in [-0.3, -0.25) is 14.5 Å². The summed E-state index contributed by atoms with van der Waals surface area (Å²) in [5.74, 6) is 0.322. The number of imide groups is 1. The molecule has 28 heavy (non-hydrogen) atoms.